The van der Waals surface area contributed by atoms with Gasteiger partial charge in [0.1, 0.15) is 11.2 Å². The zero-order valence-corrected chi connectivity index (χ0v) is 26.5. The number of para-hydroxylation sites is 1. The van der Waals surface area contributed by atoms with Crippen molar-refractivity contribution in [2.45, 2.75) is 0 Å². The van der Waals surface area contributed by atoms with Crippen molar-refractivity contribution in [1.82, 2.24) is 15.0 Å². The van der Waals surface area contributed by atoms with E-state index in [0.717, 1.165) is 60.9 Å². The van der Waals surface area contributed by atoms with Crippen LogP contribution in [0.4, 0.5) is 0 Å². The molecule has 2 heterocycles. The van der Waals surface area contributed by atoms with Gasteiger partial charge in [0.25, 0.3) is 0 Å². The number of nitrogens with zero attached hydrogens (tertiary/aromatic N) is 3. The van der Waals surface area contributed by atoms with Crippen LogP contribution in [0.15, 0.2) is 180 Å². The third-order valence-corrected chi connectivity index (χ3v) is 8.94. The van der Waals surface area contributed by atoms with Crippen molar-refractivity contribution in [3.8, 4) is 67.5 Å². The average Bonchev–Trinajstić information content (AvgIpc) is 3.57. The second-order valence-electron chi connectivity index (χ2n) is 12.1. The third kappa shape index (κ3) is 5.45. The molecule has 0 aliphatic carbocycles. The molecule has 4 nitrogen and oxygen atoms in total. The number of hydrogen-bond acceptors (Lipinski definition) is 4. The quantitative estimate of drug-likeness (QED) is 0.184. The normalized spacial score (nSPS) is 11.3. The van der Waals surface area contributed by atoms with Crippen LogP contribution in [-0.4, -0.2) is 15.0 Å². The maximum Gasteiger partial charge on any atom is 0.167 e. The fraction of sp³-hybridized carbons (Fsp3) is 0. The Morgan fingerprint density at radius 1 is 0.306 bits per heavy atom. The number of furan rings is 1. The second kappa shape index (κ2) is 12.2. The highest BCUT2D eigenvalue weighted by atomic mass is 16.3. The summed E-state index contributed by atoms with van der Waals surface area (Å²) in [6.07, 6.45) is 0. The Balaban J connectivity index is 1.18. The zero-order chi connectivity index (χ0) is 32.6. The van der Waals surface area contributed by atoms with Crippen LogP contribution in [-0.2, 0) is 0 Å². The summed E-state index contributed by atoms with van der Waals surface area (Å²) >= 11 is 0. The van der Waals surface area contributed by atoms with Crippen molar-refractivity contribution in [2.75, 3.05) is 0 Å². The molecule has 0 saturated carbocycles. The number of hydrogen-bond donors (Lipinski definition) is 0. The summed E-state index contributed by atoms with van der Waals surface area (Å²) in [5, 5.41) is 2.07. The molecule has 2 aromatic heterocycles. The summed E-state index contributed by atoms with van der Waals surface area (Å²) in [6.45, 7) is 0. The van der Waals surface area contributed by atoms with Crippen LogP contribution in [0.1, 0.15) is 0 Å². The highest BCUT2D eigenvalue weighted by molar-refractivity contribution is 6.10. The summed E-state index contributed by atoms with van der Waals surface area (Å²) in [4.78, 5) is 15.1. The molecular formula is C45H29N3O. The van der Waals surface area contributed by atoms with Crippen molar-refractivity contribution in [1.29, 1.82) is 0 Å². The van der Waals surface area contributed by atoms with E-state index in [4.69, 9.17) is 19.4 Å². The van der Waals surface area contributed by atoms with E-state index in [1.807, 2.05) is 48.5 Å². The van der Waals surface area contributed by atoms with E-state index >= 15 is 0 Å². The lowest BCUT2D eigenvalue weighted by molar-refractivity contribution is 0.669. The Bertz CT molecular complexity index is 2590. The summed E-state index contributed by atoms with van der Waals surface area (Å²) in [5.41, 5.74) is 11.1. The molecule has 0 saturated heterocycles. The number of aromatic nitrogens is 3. The summed E-state index contributed by atoms with van der Waals surface area (Å²) < 4.78 is 6.59. The molecule has 0 fully saturated rings. The van der Waals surface area contributed by atoms with Gasteiger partial charge in [-0.05, 0) is 63.7 Å². The first kappa shape index (κ1) is 28.6. The number of rotatable bonds is 6. The Morgan fingerprint density at radius 3 is 1.43 bits per heavy atom. The lowest BCUT2D eigenvalue weighted by Crippen LogP contribution is -2.00. The molecule has 0 aliphatic rings. The molecule has 0 unspecified atom stereocenters. The van der Waals surface area contributed by atoms with Gasteiger partial charge >= 0.3 is 0 Å². The largest absolute Gasteiger partial charge is 0.455 e. The predicted molar refractivity (Wildman–Crippen MR) is 200 cm³/mol. The third-order valence-electron chi connectivity index (χ3n) is 8.94. The van der Waals surface area contributed by atoms with E-state index in [1.165, 1.54) is 11.1 Å². The standard InChI is InChI=1S/C45H29N3O/c1-4-13-30(14-5-1)33-19-10-21-35(27-33)36-25-26-41-40(29-36)38-23-12-24-39(42(38)49-41)45-47-43(32-17-8-3-9-18-32)46-44(48-45)37-22-11-20-34(28-37)31-15-6-2-7-16-31/h1-29H. The highest BCUT2D eigenvalue weighted by Gasteiger charge is 2.18. The van der Waals surface area contributed by atoms with Crippen LogP contribution in [0.5, 0.6) is 0 Å². The monoisotopic (exact) mass is 627 g/mol. The Labute approximate surface area is 284 Å². The van der Waals surface area contributed by atoms with Gasteiger partial charge in [-0.1, -0.05) is 146 Å². The minimum Gasteiger partial charge on any atom is -0.455 e. The van der Waals surface area contributed by atoms with Gasteiger partial charge in [0.2, 0.25) is 0 Å². The van der Waals surface area contributed by atoms with Crippen molar-refractivity contribution >= 4 is 21.9 Å². The van der Waals surface area contributed by atoms with Crippen molar-refractivity contribution < 1.29 is 4.42 Å². The fourth-order valence-electron chi connectivity index (χ4n) is 6.47. The van der Waals surface area contributed by atoms with Crippen LogP contribution in [0.3, 0.4) is 0 Å². The van der Waals surface area contributed by atoms with Crippen LogP contribution in [0.25, 0.3) is 89.5 Å². The van der Waals surface area contributed by atoms with E-state index in [2.05, 4.69) is 127 Å². The Hall–Kier alpha value is -6.65. The SMILES string of the molecule is c1ccc(-c2cccc(-c3ccc4oc5c(-c6nc(-c7ccccc7)nc(-c7cccc(-c8ccccc8)c7)n6)cccc5c4c3)c2)cc1. The van der Waals surface area contributed by atoms with Gasteiger partial charge in [0.15, 0.2) is 17.5 Å². The molecule has 0 aliphatic heterocycles. The lowest BCUT2D eigenvalue weighted by atomic mass is 9.98. The summed E-state index contributed by atoms with van der Waals surface area (Å²) in [7, 11) is 0. The van der Waals surface area contributed by atoms with Crippen LogP contribution >= 0.6 is 0 Å². The molecule has 0 radical (unpaired) electrons. The van der Waals surface area contributed by atoms with E-state index < -0.39 is 0 Å². The summed E-state index contributed by atoms with van der Waals surface area (Å²) in [6, 6.07) is 60.5. The minimum atomic E-state index is 0.564. The second-order valence-corrected chi connectivity index (χ2v) is 12.1. The smallest absolute Gasteiger partial charge is 0.167 e. The molecule has 0 amide bonds. The number of benzene rings is 7. The van der Waals surface area contributed by atoms with E-state index in [1.54, 1.807) is 0 Å². The average molecular weight is 628 g/mol. The van der Waals surface area contributed by atoms with E-state index in [-0.39, 0.29) is 0 Å². The minimum absolute atomic E-state index is 0.564. The Kier molecular flexibility index (Phi) is 7.10. The lowest BCUT2D eigenvalue weighted by Gasteiger charge is -2.10. The van der Waals surface area contributed by atoms with Gasteiger partial charge in [0, 0.05) is 21.9 Å². The van der Waals surface area contributed by atoms with Gasteiger partial charge < -0.3 is 4.42 Å². The molecule has 9 rings (SSSR count). The van der Waals surface area contributed by atoms with Crippen LogP contribution in [0, 0.1) is 0 Å². The van der Waals surface area contributed by atoms with Gasteiger partial charge in [-0.25, -0.2) is 15.0 Å². The highest BCUT2D eigenvalue weighted by Crippen LogP contribution is 2.38. The molecule has 49 heavy (non-hydrogen) atoms. The van der Waals surface area contributed by atoms with Crippen molar-refractivity contribution in [2.24, 2.45) is 0 Å². The Morgan fingerprint density at radius 2 is 0.776 bits per heavy atom. The first-order valence-corrected chi connectivity index (χ1v) is 16.4. The maximum atomic E-state index is 6.59. The van der Waals surface area contributed by atoms with Gasteiger partial charge in [-0.2, -0.15) is 0 Å². The molecule has 0 atom stereocenters. The molecule has 0 N–H and O–H groups in total. The topological polar surface area (TPSA) is 51.8 Å². The van der Waals surface area contributed by atoms with E-state index in [0.29, 0.717) is 17.5 Å². The van der Waals surface area contributed by atoms with Crippen LogP contribution < -0.4 is 0 Å². The first-order valence-electron chi connectivity index (χ1n) is 16.4. The van der Waals surface area contributed by atoms with Crippen molar-refractivity contribution in [3.05, 3.63) is 176 Å². The fourth-order valence-corrected chi connectivity index (χ4v) is 6.47. The first-order chi connectivity index (χ1) is 24.3. The van der Waals surface area contributed by atoms with Crippen molar-refractivity contribution in [3.63, 3.8) is 0 Å². The number of fused-ring (bicyclic) bond motifs is 3. The van der Waals surface area contributed by atoms with E-state index in [9.17, 15) is 0 Å². The molecule has 0 spiro atoms. The molecule has 230 valence electrons. The van der Waals surface area contributed by atoms with Crippen LogP contribution in [0.2, 0.25) is 0 Å². The molecule has 7 aromatic carbocycles. The molecule has 0 bridgehead atoms. The maximum absolute atomic E-state index is 6.59. The molecule has 9 aromatic rings. The molecule has 4 heteroatoms. The predicted octanol–water partition coefficient (Wildman–Crippen LogP) is 11.8. The summed E-state index contributed by atoms with van der Waals surface area (Å²) in [5.74, 6) is 1.78. The van der Waals surface area contributed by atoms with Gasteiger partial charge in [-0.15, -0.1) is 0 Å². The van der Waals surface area contributed by atoms with Gasteiger partial charge in [0.05, 0.1) is 5.56 Å². The molecular weight excluding hydrogens is 599 g/mol. The van der Waals surface area contributed by atoms with Gasteiger partial charge in [-0.3, -0.25) is 0 Å². The zero-order valence-electron chi connectivity index (χ0n) is 26.5.